The Morgan fingerprint density at radius 1 is 0.276 bits per heavy atom. The maximum absolute atomic E-state index is 6.43. The molecule has 0 saturated carbocycles. The molecular weight excluding hydrogens is 703 g/mol. The van der Waals surface area contributed by atoms with Crippen molar-refractivity contribution in [1.29, 1.82) is 0 Å². The molecule has 272 valence electrons. The fraction of sp³-hybridized carbons (Fsp3) is 0. The molecule has 58 heavy (non-hydrogen) atoms. The minimum atomic E-state index is 0.881. The molecule has 2 nitrogen and oxygen atoms in total. The SMILES string of the molecule is c1ccc(-c2ccc(N(c3ccccc3-c3cc4c5c(cccc5c3)Oc3ccccc3-4)c3ccccc3-c3cccc4cccc(-c5ccccc5)c34)cc2)cc1. The predicted octanol–water partition coefficient (Wildman–Crippen LogP) is 15.9. The predicted molar refractivity (Wildman–Crippen MR) is 243 cm³/mol. The fourth-order valence-electron chi connectivity index (χ4n) is 8.82. The van der Waals surface area contributed by atoms with Crippen molar-refractivity contribution in [1.82, 2.24) is 0 Å². The molecule has 0 saturated heterocycles. The number of rotatable bonds is 7. The number of anilines is 3. The summed E-state index contributed by atoms with van der Waals surface area (Å²) in [5.41, 5.74) is 15.0. The summed E-state index contributed by atoms with van der Waals surface area (Å²) in [6, 6.07) is 80.8. The van der Waals surface area contributed by atoms with E-state index in [2.05, 4.69) is 223 Å². The van der Waals surface area contributed by atoms with Crippen molar-refractivity contribution in [3.8, 4) is 67.1 Å². The molecule has 0 atom stereocenters. The van der Waals surface area contributed by atoms with Gasteiger partial charge in [-0.05, 0) is 104 Å². The lowest BCUT2D eigenvalue weighted by atomic mass is 9.89. The van der Waals surface area contributed by atoms with E-state index in [1.807, 2.05) is 6.07 Å². The number of nitrogens with zero attached hydrogens (tertiary/aromatic N) is 1. The minimum Gasteiger partial charge on any atom is -0.456 e. The van der Waals surface area contributed by atoms with Crippen LogP contribution in [0.4, 0.5) is 17.1 Å². The monoisotopic (exact) mass is 739 g/mol. The Balaban J connectivity index is 1.16. The quantitative estimate of drug-likeness (QED) is 0.161. The van der Waals surface area contributed by atoms with Crippen molar-refractivity contribution in [2.75, 3.05) is 4.90 Å². The van der Waals surface area contributed by atoms with Crippen LogP contribution in [0.25, 0.3) is 77.2 Å². The third-order valence-electron chi connectivity index (χ3n) is 11.4. The maximum Gasteiger partial charge on any atom is 0.135 e. The molecule has 0 aliphatic carbocycles. The van der Waals surface area contributed by atoms with Crippen molar-refractivity contribution >= 4 is 38.6 Å². The van der Waals surface area contributed by atoms with E-state index in [9.17, 15) is 0 Å². The van der Waals surface area contributed by atoms with Gasteiger partial charge in [0.25, 0.3) is 0 Å². The Labute approximate surface area is 338 Å². The summed E-state index contributed by atoms with van der Waals surface area (Å²) < 4.78 is 6.43. The standard InChI is InChI=1S/C56H37NO/c1-3-16-38(17-4-1)39-32-34-44(35-33-39)57(52-29-11-8-24-47(52)49-27-14-21-41-20-13-26-46(55(41)49)40-18-5-2-6-19-40)51-28-10-7-23-45(51)43-36-42-22-15-31-54-56(42)50(37-43)48-25-9-12-30-53(48)58-54/h1-37H. The number of hydrogen-bond donors (Lipinski definition) is 0. The summed E-state index contributed by atoms with van der Waals surface area (Å²) in [5, 5.41) is 4.74. The van der Waals surface area contributed by atoms with E-state index in [-0.39, 0.29) is 0 Å². The average Bonchev–Trinajstić information content (AvgIpc) is 3.30. The molecular formula is C56H37NO. The molecule has 0 aromatic heterocycles. The number of fused-ring (bicyclic) bond motifs is 3. The molecule has 0 radical (unpaired) electrons. The first-order valence-corrected chi connectivity index (χ1v) is 19.8. The molecule has 10 aromatic rings. The van der Waals surface area contributed by atoms with Gasteiger partial charge < -0.3 is 9.64 Å². The van der Waals surface area contributed by atoms with Crippen LogP contribution in [0, 0.1) is 0 Å². The topological polar surface area (TPSA) is 12.5 Å². The van der Waals surface area contributed by atoms with Crippen LogP contribution in [-0.2, 0) is 0 Å². The van der Waals surface area contributed by atoms with Crippen LogP contribution < -0.4 is 9.64 Å². The van der Waals surface area contributed by atoms with Gasteiger partial charge in [0.2, 0.25) is 0 Å². The molecule has 0 unspecified atom stereocenters. The first-order valence-electron chi connectivity index (χ1n) is 19.8. The Kier molecular flexibility index (Phi) is 8.19. The van der Waals surface area contributed by atoms with Gasteiger partial charge in [-0.1, -0.05) is 176 Å². The van der Waals surface area contributed by atoms with E-state index >= 15 is 0 Å². The van der Waals surface area contributed by atoms with Crippen molar-refractivity contribution in [2.24, 2.45) is 0 Å². The summed E-state index contributed by atoms with van der Waals surface area (Å²) in [5.74, 6) is 1.78. The van der Waals surface area contributed by atoms with E-state index in [4.69, 9.17) is 4.74 Å². The smallest absolute Gasteiger partial charge is 0.135 e. The molecule has 0 amide bonds. The van der Waals surface area contributed by atoms with Gasteiger partial charge in [-0.15, -0.1) is 0 Å². The lowest BCUT2D eigenvalue weighted by molar-refractivity contribution is 0.487. The lowest BCUT2D eigenvalue weighted by Gasteiger charge is -2.30. The Morgan fingerprint density at radius 3 is 1.57 bits per heavy atom. The maximum atomic E-state index is 6.43. The van der Waals surface area contributed by atoms with Crippen molar-refractivity contribution < 1.29 is 4.74 Å². The molecule has 2 heteroatoms. The van der Waals surface area contributed by atoms with Crippen LogP contribution >= 0.6 is 0 Å². The van der Waals surface area contributed by atoms with Gasteiger partial charge in [0.15, 0.2) is 0 Å². The number of para-hydroxylation sites is 3. The highest BCUT2D eigenvalue weighted by atomic mass is 16.5. The van der Waals surface area contributed by atoms with Gasteiger partial charge in [0, 0.05) is 27.8 Å². The molecule has 11 rings (SSSR count). The first-order chi connectivity index (χ1) is 28.8. The van der Waals surface area contributed by atoms with E-state index in [1.54, 1.807) is 0 Å². The average molecular weight is 740 g/mol. The molecule has 0 bridgehead atoms. The molecule has 0 N–H and O–H groups in total. The molecule has 0 spiro atoms. The summed E-state index contributed by atoms with van der Waals surface area (Å²) in [6.45, 7) is 0. The van der Waals surface area contributed by atoms with E-state index in [1.165, 1.54) is 44.2 Å². The van der Waals surface area contributed by atoms with E-state index in [0.717, 1.165) is 61.6 Å². The number of hydrogen-bond acceptors (Lipinski definition) is 2. The first kappa shape index (κ1) is 33.6. The second kappa shape index (κ2) is 14.1. The molecule has 0 fully saturated rings. The van der Waals surface area contributed by atoms with Crippen LogP contribution in [0.1, 0.15) is 0 Å². The fourth-order valence-corrected chi connectivity index (χ4v) is 8.82. The zero-order valence-corrected chi connectivity index (χ0v) is 31.7. The minimum absolute atomic E-state index is 0.881. The summed E-state index contributed by atoms with van der Waals surface area (Å²) in [6.07, 6.45) is 0. The second-order valence-corrected chi connectivity index (χ2v) is 14.8. The summed E-state index contributed by atoms with van der Waals surface area (Å²) in [7, 11) is 0. The normalized spacial score (nSPS) is 11.6. The Morgan fingerprint density at radius 2 is 0.810 bits per heavy atom. The zero-order chi connectivity index (χ0) is 38.4. The zero-order valence-electron chi connectivity index (χ0n) is 31.7. The summed E-state index contributed by atoms with van der Waals surface area (Å²) in [4.78, 5) is 2.45. The molecule has 1 heterocycles. The molecule has 10 aromatic carbocycles. The highest BCUT2D eigenvalue weighted by Crippen LogP contribution is 2.51. The van der Waals surface area contributed by atoms with Crippen molar-refractivity contribution in [3.63, 3.8) is 0 Å². The van der Waals surface area contributed by atoms with Gasteiger partial charge in [-0.25, -0.2) is 0 Å². The highest BCUT2D eigenvalue weighted by molar-refractivity contribution is 6.10. The number of ether oxygens (including phenoxy) is 1. The van der Waals surface area contributed by atoms with Crippen molar-refractivity contribution in [3.05, 3.63) is 224 Å². The van der Waals surface area contributed by atoms with Gasteiger partial charge in [-0.3, -0.25) is 0 Å². The molecule has 1 aliphatic heterocycles. The third-order valence-corrected chi connectivity index (χ3v) is 11.4. The van der Waals surface area contributed by atoms with Crippen LogP contribution in [0.5, 0.6) is 11.5 Å². The van der Waals surface area contributed by atoms with Crippen LogP contribution in [0.15, 0.2) is 224 Å². The largest absolute Gasteiger partial charge is 0.456 e. The van der Waals surface area contributed by atoms with Crippen molar-refractivity contribution in [2.45, 2.75) is 0 Å². The van der Waals surface area contributed by atoms with Gasteiger partial charge in [0.1, 0.15) is 11.5 Å². The number of benzene rings is 10. The van der Waals surface area contributed by atoms with Crippen LogP contribution in [-0.4, -0.2) is 0 Å². The highest BCUT2D eigenvalue weighted by Gasteiger charge is 2.25. The van der Waals surface area contributed by atoms with Crippen LogP contribution in [0.2, 0.25) is 0 Å². The Hall–Kier alpha value is -7.68. The third kappa shape index (κ3) is 5.74. The second-order valence-electron chi connectivity index (χ2n) is 14.8. The van der Waals surface area contributed by atoms with Gasteiger partial charge in [-0.2, -0.15) is 0 Å². The Bertz CT molecular complexity index is 3130. The van der Waals surface area contributed by atoms with E-state index in [0.29, 0.717) is 0 Å². The van der Waals surface area contributed by atoms with Gasteiger partial charge in [0.05, 0.1) is 11.4 Å². The van der Waals surface area contributed by atoms with Gasteiger partial charge >= 0.3 is 0 Å². The van der Waals surface area contributed by atoms with E-state index < -0.39 is 0 Å². The molecule has 1 aliphatic rings. The van der Waals surface area contributed by atoms with Crippen LogP contribution in [0.3, 0.4) is 0 Å². The summed E-state index contributed by atoms with van der Waals surface area (Å²) >= 11 is 0. The lowest BCUT2D eigenvalue weighted by Crippen LogP contribution is -2.12.